The van der Waals surface area contributed by atoms with Gasteiger partial charge in [-0.15, -0.1) is 0 Å². The fourth-order valence-corrected chi connectivity index (χ4v) is 4.53. The van der Waals surface area contributed by atoms with E-state index >= 15 is 0 Å². The van der Waals surface area contributed by atoms with Crippen molar-refractivity contribution in [3.05, 3.63) is 84.1 Å². The first-order valence-corrected chi connectivity index (χ1v) is 12.1. The van der Waals surface area contributed by atoms with Gasteiger partial charge in [0.15, 0.2) is 11.3 Å². The highest BCUT2D eigenvalue weighted by molar-refractivity contribution is 7.91. The number of sulfone groups is 1. The maximum Gasteiger partial charge on any atom is 0.287 e. The summed E-state index contributed by atoms with van der Waals surface area (Å²) < 4.78 is 51.1. The molecule has 9 heteroatoms. The molecule has 0 radical (unpaired) electrons. The minimum absolute atomic E-state index is 0.00719. The van der Waals surface area contributed by atoms with E-state index in [2.05, 4.69) is 10.3 Å². The molecule has 0 saturated heterocycles. The molecule has 176 valence electrons. The van der Waals surface area contributed by atoms with E-state index in [4.69, 9.17) is 9.15 Å². The summed E-state index contributed by atoms with van der Waals surface area (Å²) in [5.74, 6) is -0.570. The van der Waals surface area contributed by atoms with Gasteiger partial charge >= 0.3 is 0 Å². The summed E-state index contributed by atoms with van der Waals surface area (Å²) in [6.07, 6.45) is 3.14. The molecule has 4 aromatic rings. The Hall–Kier alpha value is -3.72. The Balaban J connectivity index is 1.45. The van der Waals surface area contributed by atoms with E-state index in [1.807, 2.05) is 13.8 Å². The average molecular weight is 483 g/mol. The second-order valence-corrected chi connectivity index (χ2v) is 10.1. The standard InChI is InChI=1S/C25H23FN2O5S/c1-16(2)15-32-20-10-19(26)11-22(12-20)34(30,31)21-5-3-17(4-6-21)13-28-25(29)23-9-18-7-8-27-14-24(18)33-23/h3-12,14,16H,13,15H2,1-2H3,(H,28,29). The molecule has 2 heterocycles. The van der Waals surface area contributed by atoms with Crippen LogP contribution in [0, 0.1) is 11.7 Å². The fraction of sp³-hybridized carbons (Fsp3) is 0.200. The Morgan fingerprint density at radius 3 is 2.56 bits per heavy atom. The maximum absolute atomic E-state index is 14.1. The number of nitrogens with zero attached hydrogens (tertiary/aromatic N) is 1. The predicted molar refractivity (Wildman–Crippen MR) is 124 cm³/mol. The van der Waals surface area contributed by atoms with Crippen molar-refractivity contribution < 1.29 is 26.8 Å². The first-order valence-electron chi connectivity index (χ1n) is 10.6. The highest BCUT2D eigenvalue weighted by Crippen LogP contribution is 2.26. The number of carbonyl (C=O) groups excluding carboxylic acids is 1. The third-order valence-corrected chi connectivity index (χ3v) is 6.72. The van der Waals surface area contributed by atoms with Gasteiger partial charge in [0.05, 0.1) is 22.6 Å². The van der Waals surface area contributed by atoms with Crippen molar-refractivity contribution in [1.82, 2.24) is 10.3 Å². The second-order valence-electron chi connectivity index (χ2n) is 8.18. The van der Waals surface area contributed by atoms with E-state index in [1.54, 1.807) is 30.5 Å². The number of aromatic nitrogens is 1. The summed E-state index contributed by atoms with van der Waals surface area (Å²) in [5, 5.41) is 3.50. The third kappa shape index (κ3) is 5.26. The molecular weight excluding hydrogens is 459 g/mol. The van der Waals surface area contributed by atoms with Crippen LogP contribution in [0.5, 0.6) is 5.75 Å². The summed E-state index contributed by atoms with van der Waals surface area (Å²) in [5.41, 5.74) is 1.20. The first kappa shape index (κ1) is 23.4. The Bertz CT molecular complexity index is 1400. The SMILES string of the molecule is CC(C)COc1cc(F)cc(S(=O)(=O)c2ccc(CNC(=O)c3cc4ccncc4o3)cc2)c1. The van der Waals surface area contributed by atoms with Crippen molar-refractivity contribution in [1.29, 1.82) is 0 Å². The summed E-state index contributed by atoms with van der Waals surface area (Å²) >= 11 is 0. The molecule has 0 aliphatic carbocycles. The van der Waals surface area contributed by atoms with Crippen molar-refractivity contribution in [2.75, 3.05) is 6.61 Å². The van der Waals surface area contributed by atoms with Crippen molar-refractivity contribution >= 4 is 26.7 Å². The van der Waals surface area contributed by atoms with Crippen LogP contribution in [0.15, 0.2) is 81.2 Å². The van der Waals surface area contributed by atoms with Gasteiger partial charge in [-0.25, -0.2) is 12.8 Å². The van der Waals surface area contributed by atoms with Crippen LogP contribution in [0.1, 0.15) is 30.0 Å². The van der Waals surface area contributed by atoms with Crippen LogP contribution in [0.4, 0.5) is 4.39 Å². The molecule has 0 saturated carbocycles. The number of carbonyl (C=O) groups is 1. The number of ether oxygens (including phenoxy) is 1. The minimum Gasteiger partial charge on any atom is -0.493 e. The van der Waals surface area contributed by atoms with E-state index in [0.717, 1.165) is 17.5 Å². The molecule has 34 heavy (non-hydrogen) atoms. The zero-order valence-corrected chi connectivity index (χ0v) is 19.4. The lowest BCUT2D eigenvalue weighted by atomic mass is 10.2. The van der Waals surface area contributed by atoms with Gasteiger partial charge in [0.2, 0.25) is 9.84 Å². The lowest BCUT2D eigenvalue weighted by Gasteiger charge is -2.11. The number of rotatable bonds is 8. The normalized spacial score (nSPS) is 11.6. The number of hydrogen-bond acceptors (Lipinski definition) is 6. The van der Waals surface area contributed by atoms with Gasteiger partial charge in [-0.05, 0) is 47.9 Å². The maximum atomic E-state index is 14.1. The van der Waals surface area contributed by atoms with Gasteiger partial charge in [0, 0.05) is 24.2 Å². The van der Waals surface area contributed by atoms with Crippen molar-refractivity contribution in [2.24, 2.45) is 5.92 Å². The van der Waals surface area contributed by atoms with Crippen molar-refractivity contribution in [3.8, 4) is 5.75 Å². The van der Waals surface area contributed by atoms with Gasteiger partial charge in [-0.1, -0.05) is 26.0 Å². The molecule has 7 nitrogen and oxygen atoms in total. The zero-order valence-electron chi connectivity index (χ0n) is 18.6. The van der Waals surface area contributed by atoms with Gasteiger partial charge < -0.3 is 14.5 Å². The fourth-order valence-electron chi connectivity index (χ4n) is 3.23. The predicted octanol–water partition coefficient (Wildman–Crippen LogP) is 4.76. The minimum atomic E-state index is -3.96. The summed E-state index contributed by atoms with van der Waals surface area (Å²) in [7, 11) is -3.96. The molecule has 2 aromatic carbocycles. The number of pyridine rings is 1. The topological polar surface area (TPSA) is 98.5 Å². The van der Waals surface area contributed by atoms with Crippen LogP contribution in [-0.2, 0) is 16.4 Å². The van der Waals surface area contributed by atoms with Crippen LogP contribution >= 0.6 is 0 Å². The highest BCUT2D eigenvalue weighted by atomic mass is 32.2. The summed E-state index contributed by atoms with van der Waals surface area (Å²) in [6.45, 7) is 4.39. The number of amides is 1. The van der Waals surface area contributed by atoms with Crippen LogP contribution in [0.2, 0.25) is 0 Å². The van der Waals surface area contributed by atoms with Gasteiger partial charge in [0.25, 0.3) is 5.91 Å². The van der Waals surface area contributed by atoms with E-state index < -0.39 is 21.6 Å². The number of hydrogen-bond donors (Lipinski definition) is 1. The van der Waals surface area contributed by atoms with Crippen LogP contribution in [0.3, 0.4) is 0 Å². The van der Waals surface area contributed by atoms with Crippen LogP contribution in [-0.4, -0.2) is 25.9 Å². The smallest absolute Gasteiger partial charge is 0.287 e. The molecule has 0 bridgehead atoms. The van der Waals surface area contributed by atoms with E-state index in [0.29, 0.717) is 17.8 Å². The third-order valence-electron chi connectivity index (χ3n) is 4.97. The molecule has 1 amide bonds. The number of fused-ring (bicyclic) bond motifs is 1. The quantitative estimate of drug-likeness (QED) is 0.389. The zero-order chi connectivity index (χ0) is 24.3. The average Bonchev–Trinajstić information content (AvgIpc) is 3.26. The molecule has 4 rings (SSSR count). The largest absolute Gasteiger partial charge is 0.493 e. The Morgan fingerprint density at radius 2 is 1.85 bits per heavy atom. The van der Waals surface area contributed by atoms with Crippen LogP contribution < -0.4 is 10.1 Å². The van der Waals surface area contributed by atoms with Gasteiger partial charge in [-0.3, -0.25) is 9.78 Å². The van der Waals surface area contributed by atoms with Gasteiger partial charge in [-0.2, -0.15) is 0 Å². The van der Waals surface area contributed by atoms with E-state index in [1.165, 1.54) is 24.4 Å². The summed E-state index contributed by atoms with van der Waals surface area (Å²) in [4.78, 5) is 16.2. The monoisotopic (exact) mass is 482 g/mol. The molecule has 0 fully saturated rings. The van der Waals surface area contributed by atoms with Gasteiger partial charge in [0.1, 0.15) is 11.6 Å². The molecule has 0 aliphatic heterocycles. The number of nitrogens with one attached hydrogen (secondary N) is 1. The number of furan rings is 1. The Morgan fingerprint density at radius 1 is 1.09 bits per heavy atom. The number of halogens is 1. The molecule has 2 aromatic heterocycles. The summed E-state index contributed by atoms with van der Waals surface area (Å²) in [6, 6.07) is 12.8. The first-order chi connectivity index (χ1) is 16.2. The van der Waals surface area contributed by atoms with Crippen molar-refractivity contribution in [2.45, 2.75) is 30.2 Å². The Labute approximate surface area is 196 Å². The molecule has 1 N–H and O–H groups in total. The molecule has 0 spiro atoms. The molecule has 0 unspecified atom stereocenters. The van der Waals surface area contributed by atoms with Crippen molar-refractivity contribution in [3.63, 3.8) is 0 Å². The lowest BCUT2D eigenvalue weighted by Crippen LogP contribution is -2.22. The Kier molecular flexibility index (Phi) is 6.65. The van der Waals surface area contributed by atoms with Crippen LogP contribution in [0.25, 0.3) is 11.0 Å². The van der Waals surface area contributed by atoms with E-state index in [-0.39, 0.29) is 33.8 Å². The molecular formula is C25H23FN2O5S. The highest BCUT2D eigenvalue weighted by Gasteiger charge is 2.20. The lowest BCUT2D eigenvalue weighted by molar-refractivity contribution is 0.0925. The molecule has 0 aliphatic rings. The van der Waals surface area contributed by atoms with E-state index in [9.17, 15) is 17.6 Å². The number of benzene rings is 2. The molecule has 0 atom stereocenters. The second kappa shape index (κ2) is 9.64.